The zero-order valence-electron chi connectivity index (χ0n) is 22.3. The van der Waals surface area contributed by atoms with Crippen LogP contribution in [0.4, 0.5) is 0 Å². The van der Waals surface area contributed by atoms with Gasteiger partial charge in [0.2, 0.25) is 0 Å². The van der Waals surface area contributed by atoms with Crippen molar-refractivity contribution < 1.29 is 0 Å². The molecule has 0 aliphatic heterocycles. The second kappa shape index (κ2) is 8.51. The third kappa shape index (κ3) is 3.10. The molecular formula is C39H24N2. The molecule has 9 rings (SSSR count). The lowest BCUT2D eigenvalue weighted by molar-refractivity contribution is 1.18. The van der Waals surface area contributed by atoms with E-state index in [-0.39, 0.29) is 0 Å². The first-order valence-corrected chi connectivity index (χ1v) is 14.1. The number of aromatic nitrogens is 2. The molecule has 41 heavy (non-hydrogen) atoms. The van der Waals surface area contributed by atoms with Crippen LogP contribution >= 0.6 is 0 Å². The van der Waals surface area contributed by atoms with Crippen molar-refractivity contribution in [1.29, 1.82) is 0 Å². The molecule has 0 unspecified atom stereocenters. The van der Waals surface area contributed by atoms with Crippen LogP contribution in [0.15, 0.2) is 146 Å². The van der Waals surface area contributed by atoms with Crippen molar-refractivity contribution in [1.82, 2.24) is 9.55 Å². The highest BCUT2D eigenvalue weighted by molar-refractivity contribution is 6.14. The minimum Gasteiger partial charge on any atom is -0.309 e. The topological polar surface area (TPSA) is 17.8 Å². The molecular weight excluding hydrogens is 496 g/mol. The van der Waals surface area contributed by atoms with Crippen LogP contribution in [0.1, 0.15) is 0 Å². The van der Waals surface area contributed by atoms with Crippen molar-refractivity contribution >= 4 is 32.7 Å². The molecule has 0 N–H and O–H groups in total. The Bertz CT molecular complexity index is 2270. The Labute approximate surface area is 237 Å². The van der Waals surface area contributed by atoms with Crippen LogP contribution in [0.5, 0.6) is 0 Å². The van der Waals surface area contributed by atoms with Crippen molar-refractivity contribution in [3.8, 4) is 50.2 Å². The molecule has 0 radical (unpaired) electrons. The van der Waals surface area contributed by atoms with Crippen molar-refractivity contribution in [2.24, 2.45) is 0 Å². The summed E-state index contributed by atoms with van der Waals surface area (Å²) in [6.45, 7) is 0. The minimum atomic E-state index is 1.01. The molecule has 8 aromatic rings. The van der Waals surface area contributed by atoms with E-state index in [0.717, 1.165) is 5.52 Å². The molecule has 2 nitrogen and oxygen atoms in total. The van der Waals surface area contributed by atoms with Gasteiger partial charge in [0.05, 0.1) is 22.2 Å². The molecule has 0 amide bonds. The maximum atomic E-state index is 4.77. The van der Waals surface area contributed by atoms with E-state index in [1.165, 1.54) is 77.4 Å². The Morgan fingerprint density at radius 1 is 0.366 bits per heavy atom. The Balaban J connectivity index is 1.53. The van der Waals surface area contributed by atoms with E-state index in [2.05, 4.69) is 144 Å². The zero-order chi connectivity index (χ0) is 26.9. The first-order valence-electron chi connectivity index (χ1n) is 14.1. The second-order valence-electron chi connectivity index (χ2n) is 10.7. The third-order valence-electron chi connectivity index (χ3n) is 8.62. The molecule has 2 heteroatoms. The lowest BCUT2D eigenvalue weighted by atomic mass is 9.79. The van der Waals surface area contributed by atoms with Gasteiger partial charge >= 0.3 is 0 Å². The largest absolute Gasteiger partial charge is 0.309 e. The van der Waals surface area contributed by atoms with Crippen molar-refractivity contribution in [3.05, 3.63) is 146 Å². The van der Waals surface area contributed by atoms with Crippen LogP contribution in [0.2, 0.25) is 0 Å². The van der Waals surface area contributed by atoms with Gasteiger partial charge in [0.25, 0.3) is 0 Å². The van der Waals surface area contributed by atoms with Gasteiger partial charge in [-0.1, -0.05) is 109 Å². The van der Waals surface area contributed by atoms with E-state index in [1.807, 2.05) is 6.20 Å². The van der Waals surface area contributed by atoms with Crippen LogP contribution in [0, 0.1) is 0 Å². The van der Waals surface area contributed by atoms with Crippen molar-refractivity contribution in [2.75, 3.05) is 0 Å². The number of pyridine rings is 1. The fourth-order valence-corrected chi connectivity index (χ4v) is 6.96. The normalized spacial score (nSPS) is 11.9. The monoisotopic (exact) mass is 520 g/mol. The van der Waals surface area contributed by atoms with Crippen LogP contribution < -0.4 is 0 Å². The van der Waals surface area contributed by atoms with E-state index in [0.29, 0.717) is 0 Å². The predicted octanol–water partition coefficient (Wildman–Crippen LogP) is 10.3. The highest BCUT2D eigenvalue weighted by Gasteiger charge is 2.26. The summed E-state index contributed by atoms with van der Waals surface area (Å²) in [5.74, 6) is 0. The van der Waals surface area contributed by atoms with Crippen LogP contribution in [0.25, 0.3) is 82.9 Å². The molecule has 0 saturated heterocycles. The summed E-state index contributed by atoms with van der Waals surface area (Å²) in [5.41, 5.74) is 14.5. The molecule has 2 aromatic heterocycles. The molecule has 0 saturated carbocycles. The number of benzene rings is 6. The summed E-state index contributed by atoms with van der Waals surface area (Å²) in [6.07, 6.45) is 1.89. The molecule has 1 aliphatic carbocycles. The maximum Gasteiger partial charge on any atom is 0.0708 e. The SMILES string of the molecule is c1ccc2c(c1)-c1ccccc1-c1c(cccc1-n1c3ccccc3c3ccccc31)-c1c-2ccc2ncccc12. The molecule has 0 spiro atoms. The summed E-state index contributed by atoms with van der Waals surface area (Å²) in [4.78, 5) is 4.77. The molecule has 0 bridgehead atoms. The number of hydrogen-bond donors (Lipinski definition) is 0. The van der Waals surface area contributed by atoms with Gasteiger partial charge in [-0.2, -0.15) is 0 Å². The van der Waals surface area contributed by atoms with Gasteiger partial charge in [-0.3, -0.25) is 4.98 Å². The predicted molar refractivity (Wildman–Crippen MR) is 171 cm³/mol. The van der Waals surface area contributed by atoms with E-state index < -0.39 is 0 Å². The van der Waals surface area contributed by atoms with Crippen LogP contribution in [-0.2, 0) is 0 Å². The number of rotatable bonds is 1. The van der Waals surface area contributed by atoms with E-state index in [9.17, 15) is 0 Å². The first-order chi connectivity index (χ1) is 20.4. The van der Waals surface area contributed by atoms with Gasteiger partial charge in [-0.05, 0) is 69.3 Å². The lowest BCUT2D eigenvalue weighted by Crippen LogP contribution is -2.03. The Hall–Kier alpha value is -5.47. The van der Waals surface area contributed by atoms with Gasteiger partial charge < -0.3 is 4.57 Å². The molecule has 1 aliphatic rings. The van der Waals surface area contributed by atoms with E-state index in [1.54, 1.807) is 0 Å². The highest BCUT2D eigenvalue weighted by Crippen LogP contribution is 2.51. The average molecular weight is 521 g/mol. The van der Waals surface area contributed by atoms with Crippen molar-refractivity contribution in [2.45, 2.75) is 0 Å². The second-order valence-corrected chi connectivity index (χ2v) is 10.7. The van der Waals surface area contributed by atoms with Crippen molar-refractivity contribution in [3.63, 3.8) is 0 Å². The van der Waals surface area contributed by atoms with Gasteiger partial charge in [0, 0.05) is 27.9 Å². The third-order valence-corrected chi connectivity index (χ3v) is 8.62. The van der Waals surface area contributed by atoms with Crippen LogP contribution in [0.3, 0.4) is 0 Å². The van der Waals surface area contributed by atoms with Gasteiger partial charge in [-0.15, -0.1) is 0 Å². The highest BCUT2D eigenvalue weighted by atomic mass is 15.0. The van der Waals surface area contributed by atoms with E-state index in [4.69, 9.17) is 4.98 Å². The first kappa shape index (κ1) is 22.4. The van der Waals surface area contributed by atoms with Gasteiger partial charge in [-0.25, -0.2) is 0 Å². The van der Waals surface area contributed by atoms with Gasteiger partial charge in [0.1, 0.15) is 0 Å². The maximum absolute atomic E-state index is 4.77. The summed E-state index contributed by atoms with van der Waals surface area (Å²) < 4.78 is 2.46. The summed E-state index contributed by atoms with van der Waals surface area (Å²) in [7, 11) is 0. The Morgan fingerprint density at radius 2 is 0.927 bits per heavy atom. The van der Waals surface area contributed by atoms with Gasteiger partial charge in [0.15, 0.2) is 0 Å². The molecule has 190 valence electrons. The number of fused-ring (bicyclic) bond motifs is 13. The Morgan fingerprint density at radius 3 is 1.66 bits per heavy atom. The fourth-order valence-electron chi connectivity index (χ4n) is 6.96. The molecule has 0 fully saturated rings. The number of hydrogen-bond acceptors (Lipinski definition) is 1. The van der Waals surface area contributed by atoms with E-state index >= 15 is 0 Å². The molecule has 6 aromatic carbocycles. The minimum absolute atomic E-state index is 1.01. The average Bonchev–Trinajstić information content (AvgIpc) is 3.37. The zero-order valence-corrected chi connectivity index (χ0v) is 22.3. The standard InChI is InChI=1S/C39H24N2/c1-2-13-27-25(11-1)26-12-3-4-16-30(26)39-33(38-31(27)22-23-34-32(38)18-10-24-40-34)17-9-21-37(39)41-35-19-7-5-14-28(35)29-15-6-8-20-36(29)41/h1-24H. The Kier molecular flexibility index (Phi) is 4.64. The fraction of sp³-hybridized carbons (Fsp3) is 0. The lowest BCUT2D eigenvalue weighted by Gasteiger charge is -2.26. The van der Waals surface area contributed by atoms with Crippen LogP contribution in [-0.4, -0.2) is 9.55 Å². The summed E-state index contributed by atoms with van der Waals surface area (Å²) in [6, 6.07) is 50.7. The number of nitrogens with zero attached hydrogens (tertiary/aromatic N) is 2. The summed E-state index contributed by atoms with van der Waals surface area (Å²) >= 11 is 0. The molecule has 2 heterocycles. The summed E-state index contributed by atoms with van der Waals surface area (Å²) in [5, 5.41) is 3.69. The smallest absolute Gasteiger partial charge is 0.0708 e. The quantitative estimate of drug-likeness (QED) is 0.210. The number of para-hydroxylation sites is 2. The molecule has 0 atom stereocenters.